The molecule has 1 saturated heterocycles. The molecule has 1 heterocycles. The number of halogens is 4. The lowest BCUT2D eigenvalue weighted by molar-refractivity contribution is 0.241. The van der Waals surface area contributed by atoms with E-state index in [0.29, 0.717) is 13.1 Å². The van der Waals surface area contributed by atoms with Gasteiger partial charge in [0.1, 0.15) is 5.69 Å². The largest absolute Gasteiger partial charge is 0.322 e. The molecule has 0 aliphatic carbocycles. The van der Waals surface area contributed by atoms with Crippen molar-refractivity contribution in [2.45, 2.75) is 0 Å². The lowest BCUT2D eigenvalue weighted by Crippen LogP contribution is -2.21. The van der Waals surface area contributed by atoms with Gasteiger partial charge in [-0.25, -0.2) is 22.4 Å². The summed E-state index contributed by atoms with van der Waals surface area (Å²) < 4.78 is 51.6. The standard InChI is InChI=1S/C9H6F4N2O/c10-4-3-5(11)7(13)8(6(4)12)14-9(16)15-1-2-15/h3H,1-2H2,(H,14,16). The fourth-order valence-electron chi connectivity index (χ4n) is 1.12. The molecule has 1 N–H and O–H groups in total. The second-order valence-corrected chi connectivity index (χ2v) is 3.26. The zero-order valence-electron chi connectivity index (χ0n) is 7.86. The summed E-state index contributed by atoms with van der Waals surface area (Å²) in [6.45, 7) is 0.903. The van der Waals surface area contributed by atoms with Crippen molar-refractivity contribution < 1.29 is 22.4 Å². The van der Waals surface area contributed by atoms with Crippen LogP contribution in [0.5, 0.6) is 0 Å². The van der Waals surface area contributed by atoms with Crippen molar-refractivity contribution >= 4 is 11.7 Å². The van der Waals surface area contributed by atoms with Crippen LogP contribution in [0.3, 0.4) is 0 Å². The third-order valence-electron chi connectivity index (χ3n) is 2.08. The van der Waals surface area contributed by atoms with Crippen molar-refractivity contribution in [1.82, 2.24) is 4.90 Å². The molecule has 86 valence electrons. The Balaban J connectivity index is 2.34. The van der Waals surface area contributed by atoms with E-state index in [1.54, 1.807) is 5.32 Å². The van der Waals surface area contributed by atoms with Gasteiger partial charge in [-0.05, 0) is 0 Å². The average Bonchev–Trinajstić information content (AvgIpc) is 3.05. The van der Waals surface area contributed by atoms with Gasteiger partial charge in [0.15, 0.2) is 23.3 Å². The Hall–Kier alpha value is -1.79. The zero-order chi connectivity index (χ0) is 11.9. The molecule has 0 spiro atoms. The van der Waals surface area contributed by atoms with E-state index < -0.39 is 35.0 Å². The smallest absolute Gasteiger partial charge is 0.321 e. The van der Waals surface area contributed by atoms with E-state index >= 15 is 0 Å². The van der Waals surface area contributed by atoms with Crippen LogP contribution in [0.4, 0.5) is 28.0 Å². The molecular formula is C9H6F4N2O. The lowest BCUT2D eigenvalue weighted by atomic mass is 10.2. The van der Waals surface area contributed by atoms with Gasteiger partial charge in [-0.2, -0.15) is 0 Å². The maximum Gasteiger partial charge on any atom is 0.322 e. The van der Waals surface area contributed by atoms with Crippen LogP contribution in [0.1, 0.15) is 0 Å². The number of urea groups is 1. The molecule has 0 saturated carbocycles. The molecule has 1 aliphatic heterocycles. The van der Waals surface area contributed by atoms with Crippen LogP contribution >= 0.6 is 0 Å². The van der Waals surface area contributed by atoms with Gasteiger partial charge in [-0.1, -0.05) is 0 Å². The van der Waals surface area contributed by atoms with E-state index in [0.717, 1.165) is 0 Å². The number of nitrogens with zero attached hydrogens (tertiary/aromatic N) is 1. The lowest BCUT2D eigenvalue weighted by Gasteiger charge is -2.08. The molecule has 0 bridgehead atoms. The minimum Gasteiger partial charge on any atom is -0.321 e. The minimum absolute atomic E-state index is 0.0811. The summed E-state index contributed by atoms with van der Waals surface area (Å²) in [5, 5.41) is 1.78. The Bertz CT molecular complexity index is 433. The summed E-state index contributed by atoms with van der Waals surface area (Å²) in [4.78, 5) is 12.3. The van der Waals surface area contributed by atoms with Gasteiger partial charge in [0.05, 0.1) is 0 Å². The third-order valence-corrected chi connectivity index (χ3v) is 2.08. The summed E-state index contributed by atoms with van der Waals surface area (Å²) in [7, 11) is 0. The van der Waals surface area contributed by atoms with Crippen molar-refractivity contribution in [3.05, 3.63) is 29.3 Å². The summed E-state index contributed by atoms with van der Waals surface area (Å²) in [5.74, 6) is -6.34. The number of carbonyl (C=O) groups is 1. The van der Waals surface area contributed by atoms with E-state index in [9.17, 15) is 22.4 Å². The molecule has 0 unspecified atom stereocenters. The first-order valence-electron chi connectivity index (χ1n) is 4.39. The number of benzene rings is 1. The Morgan fingerprint density at radius 1 is 1.12 bits per heavy atom. The van der Waals surface area contributed by atoms with Crippen LogP contribution in [-0.4, -0.2) is 24.0 Å². The van der Waals surface area contributed by atoms with Crippen molar-refractivity contribution in [2.75, 3.05) is 18.4 Å². The molecule has 2 rings (SSSR count). The Morgan fingerprint density at radius 3 is 2.06 bits per heavy atom. The Kier molecular flexibility index (Phi) is 2.45. The quantitative estimate of drug-likeness (QED) is 0.450. The number of hydrogen-bond acceptors (Lipinski definition) is 1. The molecule has 1 aliphatic rings. The number of rotatable bonds is 1. The topological polar surface area (TPSA) is 32.1 Å². The first kappa shape index (κ1) is 10.7. The predicted octanol–water partition coefficient (Wildman–Crippen LogP) is 2.09. The summed E-state index contributed by atoms with van der Waals surface area (Å²) in [6.07, 6.45) is 0. The number of amides is 2. The highest BCUT2D eigenvalue weighted by Crippen LogP contribution is 2.24. The van der Waals surface area contributed by atoms with E-state index in [-0.39, 0.29) is 6.07 Å². The normalized spacial score (nSPS) is 13.9. The summed E-state index contributed by atoms with van der Waals surface area (Å²) in [5.41, 5.74) is -1.10. The van der Waals surface area contributed by atoms with Crippen LogP contribution in [0.2, 0.25) is 0 Å². The van der Waals surface area contributed by atoms with Gasteiger partial charge in [0.25, 0.3) is 0 Å². The maximum absolute atomic E-state index is 13.1. The third kappa shape index (κ3) is 1.80. The number of carbonyl (C=O) groups excluding carboxylic acids is 1. The van der Waals surface area contributed by atoms with Crippen LogP contribution in [0.25, 0.3) is 0 Å². The van der Waals surface area contributed by atoms with Crippen molar-refractivity contribution in [2.24, 2.45) is 0 Å². The molecule has 1 aromatic rings. The van der Waals surface area contributed by atoms with Gasteiger partial charge in [0.2, 0.25) is 0 Å². The van der Waals surface area contributed by atoms with Crippen LogP contribution < -0.4 is 5.32 Å². The van der Waals surface area contributed by atoms with Gasteiger partial charge in [-0.3, -0.25) is 0 Å². The molecule has 1 fully saturated rings. The van der Waals surface area contributed by atoms with E-state index in [1.807, 2.05) is 0 Å². The van der Waals surface area contributed by atoms with Gasteiger partial charge < -0.3 is 10.2 Å². The maximum atomic E-state index is 13.1. The number of hydrogen-bond donors (Lipinski definition) is 1. The molecule has 0 radical (unpaired) electrons. The SMILES string of the molecule is O=C(Nc1c(F)c(F)cc(F)c1F)N1CC1. The van der Waals surface area contributed by atoms with Crippen LogP contribution in [0, 0.1) is 23.3 Å². The van der Waals surface area contributed by atoms with E-state index in [4.69, 9.17) is 0 Å². The highest BCUT2D eigenvalue weighted by Gasteiger charge is 2.27. The second kappa shape index (κ2) is 3.66. The number of nitrogens with one attached hydrogen (secondary N) is 1. The summed E-state index contributed by atoms with van der Waals surface area (Å²) >= 11 is 0. The van der Waals surface area contributed by atoms with Crippen LogP contribution in [-0.2, 0) is 0 Å². The van der Waals surface area contributed by atoms with Gasteiger partial charge in [0, 0.05) is 19.2 Å². The minimum atomic E-state index is -1.62. The van der Waals surface area contributed by atoms with Crippen molar-refractivity contribution in [1.29, 1.82) is 0 Å². The monoisotopic (exact) mass is 234 g/mol. The summed E-state index contributed by atoms with van der Waals surface area (Å²) in [6, 6.07) is -0.708. The van der Waals surface area contributed by atoms with Gasteiger partial charge >= 0.3 is 6.03 Å². The fraction of sp³-hybridized carbons (Fsp3) is 0.222. The molecule has 0 atom stereocenters. The van der Waals surface area contributed by atoms with E-state index in [1.165, 1.54) is 4.90 Å². The van der Waals surface area contributed by atoms with Gasteiger partial charge in [-0.15, -0.1) is 0 Å². The van der Waals surface area contributed by atoms with Crippen molar-refractivity contribution in [3.63, 3.8) is 0 Å². The Morgan fingerprint density at radius 2 is 1.62 bits per heavy atom. The molecule has 3 nitrogen and oxygen atoms in total. The molecule has 16 heavy (non-hydrogen) atoms. The first-order chi connectivity index (χ1) is 7.50. The molecular weight excluding hydrogens is 228 g/mol. The highest BCUT2D eigenvalue weighted by atomic mass is 19.2. The average molecular weight is 234 g/mol. The number of anilines is 1. The Labute approximate surface area is 87.7 Å². The fourth-order valence-corrected chi connectivity index (χ4v) is 1.12. The highest BCUT2D eigenvalue weighted by molar-refractivity contribution is 5.91. The molecule has 1 aromatic carbocycles. The molecule has 2 amide bonds. The second-order valence-electron chi connectivity index (χ2n) is 3.26. The van der Waals surface area contributed by atoms with Crippen LogP contribution in [0.15, 0.2) is 6.07 Å². The molecule has 0 aromatic heterocycles. The van der Waals surface area contributed by atoms with E-state index in [2.05, 4.69) is 0 Å². The zero-order valence-corrected chi connectivity index (χ0v) is 7.86. The van der Waals surface area contributed by atoms with Crippen molar-refractivity contribution in [3.8, 4) is 0 Å². The predicted molar refractivity (Wildman–Crippen MR) is 46.9 cm³/mol. The molecule has 7 heteroatoms. The first-order valence-corrected chi connectivity index (χ1v) is 4.39.